The van der Waals surface area contributed by atoms with Crippen LogP contribution in [0.2, 0.25) is 0 Å². The van der Waals surface area contributed by atoms with Crippen molar-refractivity contribution in [2.24, 2.45) is 5.92 Å². The first-order valence-corrected chi connectivity index (χ1v) is 10.4. The van der Waals surface area contributed by atoms with Crippen molar-refractivity contribution in [2.75, 3.05) is 13.1 Å². The van der Waals surface area contributed by atoms with Crippen molar-refractivity contribution >= 4 is 11.8 Å². The first kappa shape index (κ1) is 20.8. The van der Waals surface area contributed by atoms with Gasteiger partial charge >= 0.3 is 0 Å². The molecule has 0 saturated carbocycles. The summed E-state index contributed by atoms with van der Waals surface area (Å²) in [5.41, 5.74) is 3.20. The van der Waals surface area contributed by atoms with Gasteiger partial charge in [0, 0.05) is 43.9 Å². The van der Waals surface area contributed by atoms with Crippen LogP contribution in [0.3, 0.4) is 0 Å². The Hall–Kier alpha value is -3.48. The van der Waals surface area contributed by atoms with Crippen molar-refractivity contribution < 1.29 is 14.0 Å². The molecule has 7 heteroatoms. The lowest BCUT2D eigenvalue weighted by atomic mass is 9.97. The van der Waals surface area contributed by atoms with Crippen molar-refractivity contribution in [1.82, 2.24) is 20.0 Å². The van der Waals surface area contributed by atoms with Crippen LogP contribution in [0.15, 0.2) is 60.8 Å². The number of aromatic nitrogens is 2. The third kappa shape index (κ3) is 4.82. The highest BCUT2D eigenvalue weighted by Gasteiger charge is 2.27. The molecule has 1 aromatic heterocycles. The van der Waals surface area contributed by atoms with Crippen LogP contribution in [-0.2, 0) is 16.1 Å². The topological polar surface area (TPSA) is 67.2 Å². The monoisotopic (exact) mass is 420 g/mol. The van der Waals surface area contributed by atoms with E-state index in [1.54, 1.807) is 21.7 Å². The molecule has 0 unspecified atom stereocenters. The van der Waals surface area contributed by atoms with Gasteiger partial charge in [-0.2, -0.15) is 5.10 Å². The molecular formula is C24H25FN4O2. The number of para-hydroxylation sites is 1. The smallest absolute Gasteiger partial charge is 0.225 e. The van der Waals surface area contributed by atoms with E-state index in [9.17, 15) is 14.0 Å². The van der Waals surface area contributed by atoms with Gasteiger partial charge in [0.1, 0.15) is 5.82 Å². The lowest BCUT2D eigenvalue weighted by Crippen LogP contribution is -2.44. The Kier molecular flexibility index (Phi) is 6.11. The number of nitrogens with one attached hydrogen (secondary N) is 1. The van der Waals surface area contributed by atoms with E-state index in [4.69, 9.17) is 5.10 Å². The third-order valence-electron chi connectivity index (χ3n) is 5.62. The summed E-state index contributed by atoms with van der Waals surface area (Å²) in [5, 5.41) is 7.71. The maximum absolute atomic E-state index is 13.4. The SMILES string of the molecule is CC(=O)N1CCC[C@H](C(=O)NCc2cn(-c3ccccc3)nc2-c2ccc(F)cc2)C1. The summed E-state index contributed by atoms with van der Waals surface area (Å²) in [5.74, 6) is -0.590. The highest BCUT2D eigenvalue weighted by molar-refractivity contribution is 5.81. The molecule has 1 aliphatic rings. The van der Waals surface area contributed by atoms with Crippen molar-refractivity contribution in [3.8, 4) is 16.9 Å². The highest BCUT2D eigenvalue weighted by Crippen LogP contribution is 2.24. The lowest BCUT2D eigenvalue weighted by molar-refractivity contribution is -0.134. The molecule has 160 valence electrons. The summed E-state index contributed by atoms with van der Waals surface area (Å²) < 4.78 is 15.2. The van der Waals surface area contributed by atoms with Crippen molar-refractivity contribution in [3.63, 3.8) is 0 Å². The second kappa shape index (κ2) is 9.12. The van der Waals surface area contributed by atoms with Gasteiger partial charge in [0.05, 0.1) is 17.3 Å². The molecule has 0 aliphatic carbocycles. The molecule has 2 aromatic carbocycles. The molecule has 3 aromatic rings. The first-order valence-electron chi connectivity index (χ1n) is 10.4. The molecule has 4 rings (SSSR count). The maximum atomic E-state index is 13.4. The van der Waals surface area contributed by atoms with Crippen LogP contribution < -0.4 is 5.32 Å². The molecule has 2 heterocycles. The quantitative estimate of drug-likeness (QED) is 0.686. The number of piperidine rings is 1. The predicted octanol–water partition coefficient (Wildman–Crippen LogP) is 3.55. The van der Waals surface area contributed by atoms with Gasteiger partial charge < -0.3 is 10.2 Å². The lowest BCUT2D eigenvalue weighted by Gasteiger charge is -2.31. The summed E-state index contributed by atoms with van der Waals surface area (Å²) in [6.45, 7) is 3.00. The predicted molar refractivity (Wildman–Crippen MR) is 116 cm³/mol. The minimum absolute atomic E-state index is 0.000216. The van der Waals surface area contributed by atoms with Crippen LogP contribution in [0.5, 0.6) is 0 Å². The van der Waals surface area contributed by atoms with Crippen molar-refractivity contribution in [2.45, 2.75) is 26.3 Å². The van der Waals surface area contributed by atoms with Crippen LogP contribution in [0.25, 0.3) is 16.9 Å². The fourth-order valence-electron chi connectivity index (χ4n) is 3.91. The average Bonchev–Trinajstić information content (AvgIpc) is 3.23. The van der Waals surface area contributed by atoms with Crippen LogP contribution in [0.4, 0.5) is 4.39 Å². The fraction of sp³-hybridized carbons (Fsp3) is 0.292. The number of carbonyl (C=O) groups excluding carboxylic acids is 2. The van der Waals surface area contributed by atoms with Crippen molar-refractivity contribution in [1.29, 1.82) is 0 Å². The van der Waals surface area contributed by atoms with Crippen molar-refractivity contribution in [3.05, 3.63) is 72.2 Å². The van der Waals surface area contributed by atoms with Gasteiger partial charge in [0.25, 0.3) is 0 Å². The van der Waals surface area contributed by atoms with Gasteiger partial charge in [0.15, 0.2) is 0 Å². The van der Waals surface area contributed by atoms with E-state index in [1.807, 2.05) is 36.5 Å². The van der Waals surface area contributed by atoms with E-state index >= 15 is 0 Å². The number of nitrogens with zero attached hydrogens (tertiary/aromatic N) is 3. The van der Waals surface area contributed by atoms with E-state index in [2.05, 4.69) is 5.32 Å². The van der Waals surface area contributed by atoms with Gasteiger partial charge in [-0.15, -0.1) is 0 Å². The second-order valence-corrected chi connectivity index (χ2v) is 7.81. The molecule has 1 saturated heterocycles. The van der Waals surface area contributed by atoms with Gasteiger partial charge in [0.2, 0.25) is 11.8 Å². The van der Waals surface area contributed by atoms with Gasteiger partial charge in [-0.3, -0.25) is 9.59 Å². The Morgan fingerprint density at radius 3 is 2.58 bits per heavy atom. The van der Waals surface area contributed by atoms with E-state index in [0.29, 0.717) is 25.3 Å². The van der Waals surface area contributed by atoms with E-state index in [-0.39, 0.29) is 23.5 Å². The van der Waals surface area contributed by atoms with Gasteiger partial charge in [-0.25, -0.2) is 9.07 Å². The number of carbonyl (C=O) groups is 2. The van der Waals surface area contributed by atoms with Gasteiger partial charge in [-0.05, 0) is 49.2 Å². The Morgan fingerprint density at radius 1 is 1.13 bits per heavy atom. The molecule has 1 fully saturated rings. The molecule has 1 aliphatic heterocycles. The van der Waals surface area contributed by atoms with E-state index in [0.717, 1.165) is 29.7 Å². The number of halogens is 1. The van der Waals surface area contributed by atoms with E-state index in [1.165, 1.54) is 19.1 Å². The molecule has 6 nitrogen and oxygen atoms in total. The number of amides is 2. The Balaban J connectivity index is 1.55. The zero-order chi connectivity index (χ0) is 21.8. The number of rotatable bonds is 5. The molecule has 2 amide bonds. The zero-order valence-electron chi connectivity index (χ0n) is 17.4. The third-order valence-corrected chi connectivity index (χ3v) is 5.62. The average molecular weight is 420 g/mol. The minimum atomic E-state index is -0.312. The summed E-state index contributed by atoms with van der Waals surface area (Å²) in [7, 11) is 0. The second-order valence-electron chi connectivity index (χ2n) is 7.81. The summed E-state index contributed by atoms with van der Waals surface area (Å²) in [6.07, 6.45) is 3.48. The summed E-state index contributed by atoms with van der Waals surface area (Å²) >= 11 is 0. The summed E-state index contributed by atoms with van der Waals surface area (Å²) in [4.78, 5) is 26.2. The largest absolute Gasteiger partial charge is 0.352 e. The van der Waals surface area contributed by atoms with Crippen LogP contribution >= 0.6 is 0 Å². The fourth-order valence-corrected chi connectivity index (χ4v) is 3.91. The Bertz CT molecular complexity index is 1060. The molecule has 0 radical (unpaired) electrons. The number of hydrogen-bond acceptors (Lipinski definition) is 3. The van der Waals surface area contributed by atoms with Crippen LogP contribution in [-0.4, -0.2) is 39.6 Å². The van der Waals surface area contributed by atoms with Crippen LogP contribution in [0, 0.1) is 11.7 Å². The normalized spacial score (nSPS) is 16.2. The molecular weight excluding hydrogens is 395 g/mol. The number of benzene rings is 2. The standard InChI is InChI=1S/C24H25FN4O2/c1-17(30)28-13-5-6-19(15-28)24(31)26-14-20-16-29(22-7-3-2-4-8-22)27-23(20)18-9-11-21(25)12-10-18/h2-4,7-12,16,19H,5-6,13-15H2,1H3,(H,26,31)/t19-/m0/s1. The first-order chi connectivity index (χ1) is 15.0. The van der Waals surface area contributed by atoms with Gasteiger partial charge in [-0.1, -0.05) is 18.2 Å². The zero-order valence-corrected chi connectivity index (χ0v) is 17.4. The highest BCUT2D eigenvalue weighted by atomic mass is 19.1. The molecule has 1 atom stereocenters. The number of hydrogen-bond donors (Lipinski definition) is 1. The Labute approximate surface area is 180 Å². The molecule has 31 heavy (non-hydrogen) atoms. The maximum Gasteiger partial charge on any atom is 0.225 e. The summed E-state index contributed by atoms with van der Waals surface area (Å²) in [6, 6.07) is 15.9. The Morgan fingerprint density at radius 2 is 1.87 bits per heavy atom. The van der Waals surface area contributed by atoms with E-state index < -0.39 is 0 Å². The molecule has 1 N–H and O–H groups in total. The van der Waals surface area contributed by atoms with Crippen LogP contribution in [0.1, 0.15) is 25.3 Å². The molecule has 0 spiro atoms. The number of likely N-dealkylation sites (tertiary alicyclic amines) is 1. The minimum Gasteiger partial charge on any atom is -0.352 e. The molecule has 0 bridgehead atoms.